The van der Waals surface area contributed by atoms with Crippen LogP contribution in [0.5, 0.6) is 0 Å². The number of hydrogen-bond acceptors (Lipinski definition) is 5. The number of nitrogens with one attached hydrogen (secondary N) is 1. The van der Waals surface area contributed by atoms with Crippen LogP contribution in [0, 0.1) is 0 Å². The summed E-state index contributed by atoms with van der Waals surface area (Å²) in [7, 11) is -3.52. The van der Waals surface area contributed by atoms with Gasteiger partial charge in [-0.2, -0.15) is 4.31 Å². The van der Waals surface area contributed by atoms with Gasteiger partial charge in [0.05, 0.1) is 23.1 Å². The Kier molecular flexibility index (Phi) is 6.74. The topological polar surface area (TPSA) is 75.7 Å². The Bertz CT molecular complexity index is 1210. The third kappa shape index (κ3) is 4.99. The average Bonchev–Trinajstić information content (AvgIpc) is 3.13. The van der Waals surface area contributed by atoms with E-state index in [-0.39, 0.29) is 10.8 Å². The molecule has 0 spiro atoms. The molecule has 1 aromatic heterocycles. The Hall–Kier alpha value is -2.23. The zero-order chi connectivity index (χ0) is 21.8. The van der Waals surface area contributed by atoms with E-state index in [2.05, 4.69) is 5.32 Å². The molecule has 1 N–H and O–H groups in total. The number of hydrogen-bond donors (Lipinski definition) is 1. The average molecular weight is 477 g/mol. The SMILES string of the molecule is O=C(C=Cc1sc2ccccc2c1Cl)NCc1ccc(S(=O)(=O)N2CCOCC2)cc1. The molecule has 162 valence electrons. The molecule has 0 atom stereocenters. The van der Waals surface area contributed by atoms with Crippen LogP contribution in [0.3, 0.4) is 0 Å². The Morgan fingerprint density at radius 1 is 1.13 bits per heavy atom. The van der Waals surface area contributed by atoms with Crippen LogP contribution < -0.4 is 5.32 Å². The fraction of sp³-hybridized carbons (Fsp3) is 0.227. The first-order valence-corrected chi connectivity index (χ1v) is 12.4. The van der Waals surface area contributed by atoms with Crippen LogP contribution in [-0.2, 0) is 26.1 Å². The summed E-state index contributed by atoms with van der Waals surface area (Å²) in [4.78, 5) is 13.3. The molecule has 1 aliphatic rings. The minimum Gasteiger partial charge on any atom is -0.379 e. The molecule has 2 heterocycles. The molecule has 2 aromatic carbocycles. The molecule has 1 saturated heterocycles. The Morgan fingerprint density at radius 2 is 1.84 bits per heavy atom. The summed E-state index contributed by atoms with van der Waals surface area (Å²) in [6.07, 6.45) is 3.16. The molecule has 0 saturated carbocycles. The summed E-state index contributed by atoms with van der Waals surface area (Å²) >= 11 is 7.92. The van der Waals surface area contributed by atoms with Crippen molar-refractivity contribution in [1.82, 2.24) is 9.62 Å². The summed E-state index contributed by atoms with van der Waals surface area (Å²) in [5, 5.41) is 4.42. The highest BCUT2D eigenvalue weighted by Crippen LogP contribution is 2.35. The van der Waals surface area contributed by atoms with Gasteiger partial charge in [0, 0.05) is 40.7 Å². The van der Waals surface area contributed by atoms with Crippen molar-refractivity contribution in [2.45, 2.75) is 11.4 Å². The van der Waals surface area contributed by atoms with Crippen LogP contribution in [-0.4, -0.2) is 44.9 Å². The number of halogens is 1. The van der Waals surface area contributed by atoms with E-state index in [1.807, 2.05) is 24.3 Å². The second-order valence-electron chi connectivity index (χ2n) is 6.99. The number of morpholine rings is 1. The molecule has 4 rings (SSSR count). The monoisotopic (exact) mass is 476 g/mol. The summed E-state index contributed by atoms with van der Waals surface area (Å²) in [6, 6.07) is 14.4. The number of thiophene rings is 1. The number of ether oxygens (including phenoxy) is 1. The van der Waals surface area contributed by atoms with Gasteiger partial charge >= 0.3 is 0 Å². The first-order valence-electron chi connectivity index (χ1n) is 9.75. The highest BCUT2D eigenvalue weighted by atomic mass is 35.5. The second-order valence-corrected chi connectivity index (χ2v) is 10.4. The second kappa shape index (κ2) is 9.50. The molecule has 6 nitrogen and oxygen atoms in total. The van der Waals surface area contributed by atoms with E-state index in [0.29, 0.717) is 37.9 Å². The quantitative estimate of drug-likeness (QED) is 0.547. The number of benzene rings is 2. The molecule has 0 unspecified atom stereocenters. The van der Waals surface area contributed by atoms with E-state index in [0.717, 1.165) is 20.5 Å². The molecular weight excluding hydrogens is 456 g/mol. The number of carbonyl (C=O) groups is 1. The minimum absolute atomic E-state index is 0.240. The lowest BCUT2D eigenvalue weighted by atomic mass is 10.2. The van der Waals surface area contributed by atoms with Crippen molar-refractivity contribution in [3.8, 4) is 0 Å². The van der Waals surface area contributed by atoms with Crippen molar-refractivity contribution in [3.63, 3.8) is 0 Å². The zero-order valence-corrected chi connectivity index (χ0v) is 19.0. The van der Waals surface area contributed by atoms with Crippen LogP contribution in [0.2, 0.25) is 5.02 Å². The van der Waals surface area contributed by atoms with Gasteiger partial charge in [-0.05, 0) is 29.8 Å². The first kappa shape index (κ1) is 22.0. The molecule has 9 heteroatoms. The fourth-order valence-corrected chi connectivity index (χ4v) is 6.06. The summed E-state index contributed by atoms with van der Waals surface area (Å²) < 4.78 is 33.0. The number of rotatable bonds is 6. The van der Waals surface area contributed by atoms with Crippen LogP contribution in [0.25, 0.3) is 16.2 Å². The highest BCUT2D eigenvalue weighted by molar-refractivity contribution is 7.89. The zero-order valence-electron chi connectivity index (χ0n) is 16.6. The maximum Gasteiger partial charge on any atom is 0.244 e. The maximum atomic E-state index is 12.7. The van der Waals surface area contributed by atoms with E-state index in [1.54, 1.807) is 30.3 Å². The molecule has 1 aliphatic heterocycles. The molecular formula is C22H21ClN2O4S2. The van der Waals surface area contributed by atoms with Gasteiger partial charge in [0.1, 0.15) is 0 Å². The van der Waals surface area contributed by atoms with Crippen molar-refractivity contribution >= 4 is 55.0 Å². The number of amides is 1. The van der Waals surface area contributed by atoms with Crippen LogP contribution in [0.15, 0.2) is 59.5 Å². The van der Waals surface area contributed by atoms with Gasteiger partial charge < -0.3 is 10.1 Å². The summed E-state index contributed by atoms with van der Waals surface area (Å²) in [5.41, 5.74) is 0.808. The van der Waals surface area contributed by atoms with E-state index < -0.39 is 10.0 Å². The number of fused-ring (bicyclic) bond motifs is 1. The highest BCUT2D eigenvalue weighted by Gasteiger charge is 2.26. The number of nitrogens with zero attached hydrogens (tertiary/aromatic N) is 1. The third-order valence-electron chi connectivity index (χ3n) is 4.94. The predicted molar refractivity (Wildman–Crippen MR) is 124 cm³/mol. The predicted octanol–water partition coefficient (Wildman–Crippen LogP) is 3.91. The van der Waals surface area contributed by atoms with Crippen LogP contribution in [0.4, 0.5) is 0 Å². The largest absolute Gasteiger partial charge is 0.379 e. The van der Waals surface area contributed by atoms with E-state index in [4.69, 9.17) is 16.3 Å². The lowest BCUT2D eigenvalue weighted by molar-refractivity contribution is -0.116. The smallest absolute Gasteiger partial charge is 0.244 e. The standard InChI is InChI=1S/C22H21ClN2O4S2/c23-22-18-3-1-2-4-19(18)30-20(22)9-10-21(26)24-15-16-5-7-17(8-6-16)31(27,28)25-11-13-29-14-12-25/h1-10H,11-15H2,(H,24,26). The summed E-state index contributed by atoms with van der Waals surface area (Å²) in [5.74, 6) is -0.251. The minimum atomic E-state index is -3.52. The third-order valence-corrected chi connectivity index (χ3v) is 8.51. The van der Waals surface area contributed by atoms with E-state index >= 15 is 0 Å². The van der Waals surface area contributed by atoms with E-state index in [1.165, 1.54) is 21.7 Å². The molecule has 3 aromatic rings. The van der Waals surface area contributed by atoms with Gasteiger partial charge in [-0.15, -0.1) is 11.3 Å². The normalized spacial score (nSPS) is 15.5. The van der Waals surface area contributed by atoms with Gasteiger partial charge in [0.15, 0.2) is 0 Å². The first-order chi connectivity index (χ1) is 14.9. The van der Waals surface area contributed by atoms with Crippen molar-refractivity contribution in [2.75, 3.05) is 26.3 Å². The molecule has 0 bridgehead atoms. The maximum absolute atomic E-state index is 12.7. The van der Waals surface area contributed by atoms with Crippen molar-refractivity contribution < 1.29 is 17.9 Å². The molecule has 1 fully saturated rings. The number of sulfonamides is 1. The Labute approximate surface area is 190 Å². The molecule has 0 radical (unpaired) electrons. The van der Waals surface area contributed by atoms with E-state index in [9.17, 15) is 13.2 Å². The fourth-order valence-electron chi connectivity index (χ4n) is 3.25. The Morgan fingerprint density at radius 3 is 2.55 bits per heavy atom. The van der Waals surface area contributed by atoms with Gasteiger partial charge in [0.2, 0.25) is 15.9 Å². The van der Waals surface area contributed by atoms with Crippen molar-refractivity contribution in [3.05, 3.63) is 70.1 Å². The van der Waals surface area contributed by atoms with Crippen LogP contribution >= 0.6 is 22.9 Å². The molecule has 0 aliphatic carbocycles. The number of carbonyl (C=O) groups excluding carboxylic acids is 1. The van der Waals surface area contributed by atoms with Gasteiger partial charge in [-0.3, -0.25) is 4.79 Å². The molecule has 1 amide bonds. The Balaban J connectivity index is 1.36. The van der Waals surface area contributed by atoms with Crippen LogP contribution in [0.1, 0.15) is 10.4 Å². The van der Waals surface area contributed by atoms with Crippen molar-refractivity contribution in [2.24, 2.45) is 0 Å². The lowest BCUT2D eigenvalue weighted by Gasteiger charge is -2.26. The lowest BCUT2D eigenvalue weighted by Crippen LogP contribution is -2.40. The summed E-state index contributed by atoms with van der Waals surface area (Å²) in [6.45, 7) is 1.82. The van der Waals surface area contributed by atoms with Gasteiger partial charge in [-0.1, -0.05) is 41.9 Å². The molecule has 31 heavy (non-hydrogen) atoms. The van der Waals surface area contributed by atoms with Crippen molar-refractivity contribution in [1.29, 1.82) is 0 Å². The van der Waals surface area contributed by atoms with Gasteiger partial charge in [-0.25, -0.2) is 8.42 Å². The van der Waals surface area contributed by atoms with Gasteiger partial charge in [0.25, 0.3) is 0 Å².